The summed E-state index contributed by atoms with van der Waals surface area (Å²) in [5, 5.41) is 3.41. The molecule has 0 aliphatic heterocycles. The maximum Gasteiger partial charge on any atom is 0.138 e. The number of hydrogen-bond donors (Lipinski definition) is 1. The monoisotopic (exact) mass is 329 g/mol. The van der Waals surface area contributed by atoms with Crippen LogP contribution in [0.3, 0.4) is 0 Å². The highest BCUT2D eigenvalue weighted by Crippen LogP contribution is 2.30. The van der Waals surface area contributed by atoms with E-state index in [0.717, 1.165) is 42.8 Å². The van der Waals surface area contributed by atoms with Crippen molar-refractivity contribution in [3.05, 3.63) is 28.2 Å². The van der Waals surface area contributed by atoms with E-state index in [0.29, 0.717) is 0 Å². The summed E-state index contributed by atoms with van der Waals surface area (Å²) in [6.07, 6.45) is 2.16. The second-order valence-corrected chi connectivity index (χ2v) is 5.47. The number of rotatable bonds is 9. The molecule has 0 radical (unpaired) electrons. The van der Waals surface area contributed by atoms with E-state index in [1.54, 1.807) is 7.11 Å². The third-order valence-corrected chi connectivity index (χ3v) is 3.46. The minimum atomic E-state index is 0.142. The smallest absolute Gasteiger partial charge is 0.138 e. The van der Waals surface area contributed by atoms with Crippen LogP contribution in [0, 0.1) is 0 Å². The molecule has 1 rings (SSSR count). The summed E-state index contributed by atoms with van der Waals surface area (Å²) in [6.45, 7) is 6.81. The van der Waals surface area contributed by atoms with Crippen molar-refractivity contribution >= 4 is 15.9 Å². The van der Waals surface area contributed by atoms with E-state index in [-0.39, 0.29) is 6.10 Å². The van der Waals surface area contributed by atoms with Gasteiger partial charge >= 0.3 is 0 Å². The highest BCUT2D eigenvalue weighted by atomic mass is 79.9. The molecule has 1 N–H and O–H groups in total. The molecule has 1 atom stereocenters. The second kappa shape index (κ2) is 9.34. The molecular formula is C15H24BrNO2. The van der Waals surface area contributed by atoms with Crippen LogP contribution in [0.2, 0.25) is 0 Å². The lowest BCUT2D eigenvalue weighted by atomic mass is 10.2. The highest BCUT2D eigenvalue weighted by molar-refractivity contribution is 9.10. The Morgan fingerprint density at radius 2 is 2.16 bits per heavy atom. The molecule has 0 aromatic heterocycles. The van der Waals surface area contributed by atoms with Crippen LogP contribution >= 0.6 is 15.9 Å². The molecule has 3 nitrogen and oxygen atoms in total. The lowest BCUT2D eigenvalue weighted by Crippen LogP contribution is -2.18. The standard InChI is InChI=1S/C15H24BrNO2/c1-4-9-17-11-13-6-5-7-14(16)15(13)19-12(2)8-10-18-3/h5-7,12,17H,4,8-11H2,1-3H3. The molecular weight excluding hydrogens is 306 g/mol. The maximum absolute atomic E-state index is 6.04. The zero-order chi connectivity index (χ0) is 14.1. The summed E-state index contributed by atoms with van der Waals surface area (Å²) in [5.41, 5.74) is 1.19. The molecule has 0 fully saturated rings. The first-order valence-electron chi connectivity index (χ1n) is 6.82. The second-order valence-electron chi connectivity index (χ2n) is 4.61. The maximum atomic E-state index is 6.04. The highest BCUT2D eigenvalue weighted by Gasteiger charge is 2.11. The van der Waals surface area contributed by atoms with E-state index >= 15 is 0 Å². The third kappa shape index (κ3) is 5.93. The van der Waals surface area contributed by atoms with Crippen molar-refractivity contribution < 1.29 is 9.47 Å². The Morgan fingerprint density at radius 1 is 1.37 bits per heavy atom. The lowest BCUT2D eigenvalue weighted by molar-refractivity contribution is 0.134. The Labute approximate surface area is 124 Å². The Balaban J connectivity index is 2.68. The van der Waals surface area contributed by atoms with E-state index < -0.39 is 0 Å². The summed E-state index contributed by atoms with van der Waals surface area (Å²) in [5.74, 6) is 0.940. The van der Waals surface area contributed by atoms with Crippen LogP contribution in [-0.4, -0.2) is 26.4 Å². The van der Waals surface area contributed by atoms with Gasteiger partial charge in [0.05, 0.1) is 10.6 Å². The van der Waals surface area contributed by atoms with Crippen LogP contribution in [0.15, 0.2) is 22.7 Å². The predicted octanol–water partition coefficient (Wildman–Crippen LogP) is 3.75. The van der Waals surface area contributed by atoms with Crippen molar-refractivity contribution in [2.75, 3.05) is 20.3 Å². The van der Waals surface area contributed by atoms with Crippen molar-refractivity contribution in [1.82, 2.24) is 5.32 Å². The first-order valence-corrected chi connectivity index (χ1v) is 7.62. The summed E-state index contributed by atoms with van der Waals surface area (Å²) >= 11 is 3.57. The average molecular weight is 330 g/mol. The zero-order valence-corrected chi connectivity index (χ0v) is 13.6. The molecule has 0 amide bonds. The first kappa shape index (κ1) is 16.5. The van der Waals surface area contributed by atoms with Crippen LogP contribution in [0.5, 0.6) is 5.75 Å². The molecule has 0 spiro atoms. The van der Waals surface area contributed by atoms with Crippen molar-refractivity contribution in [3.8, 4) is 5.75 Å². The Kier molecular flexibility index (Phi) is 8.10. The quantitative estimate of drug-likeness (QED) is 0.700. The molecule has 0 saturated carbocycles. The molecule has 0 heterocycles. The van der Waals surface area contributed by atoms with Crippen LogP contribution < -0.4 is 10.1 Å². The molecule has 0 aliphatic rings. The van der Waals surface area contributed by atoms with Crippen LogP contribution in [0.25, 0.3) is 0 Å². The van der Waals surface area contributed by atoms with Gasteiger partial charge in [0, 0.05) is 32.2 Å². The third-order valence-electron chi connectivity index (χ3n) is 2.84. The lowest BCUT2D eigenvalue weighted by Gasteiger charge is -2.19. The fourth-order valence-corrected chi connectivity index (χ4v) is 2.27. The molecule has 0 aliphatic carbocycles. The molecule has 108 valence electrons. The molecule has 0 saturated heterocycles. The Morgan fingerprint density at radius 3 is 2.84 bits per heavy atom. The largest absolute Gasteiger partial charge is 0.489 e. The van der Waals surface area contributed by atoms with E-state index in [4.69, 9.17) is 9.47 Å². The van der Waals surface area contributed by atoms with Gasteiger partial charge in [-0.1, -0.05) is 19.1 Å². The zero-order valence-electron chi connectivity index (χ0n) is 12.0. The van der Waals surface area contributed by atoms with Crippen molar-refractivity contribution in [3.63, 3.8) is 0 Å². The van der Waals surface area contributed by atoms with Gasteiger partial charge in [0.15, 0.2) is 0 Å². The van der Waals surface area contributed by atoms with Gasteiger partial charge in [-0.05, 0) is 41.9 Å². The summed E-state index contributed by atoms with van der Waals surface area (Å²) in [4.78, 5) is 0. The van der Waals surface area contributed by atoms with Gasteiger partial charge in [-0.2, -0.15) is 0 Å². The topological polar surface area (TPSA) is 30.5 Å². The summed E-state index contributed by atoms with van der Waals surface area (Å²) < 4.78 is 12.1. The van der Waals surface area contributed by atoms with E-state index in [1.807, 2.05) is 12.1 Å². The Bertz CT molecular complexity index is 371. The molecule has 1 unspecified atom stereocenters. The Hall–Kier alpha value is -0.580. The number of ether oxygens (including phenoxy) is 2. The fraction of sp³-hybridized carbons (Fsp3) is 0.600. The normalized spacial score (nSPS) is 12.4. The van der Waals surface area contributed by atoms with Gasteiger partial charge in [0.1, 0.15) is 5.75 Å². The van der Waals surface area contributed by atoms with Gasteiger partial charge < -0.3 is 14.8 Å². The van der Waals surface area contributed by atoms with Gasteiger partial charge in [0.25, 0.3) is 0 Å². The fourth-order valence-electron chi connectivity index (χ4n) is 1.77. The van der Waals surface area contributed by atoms with Gasteiger partial charge in [-0.15, -0.1) is 0 Å². The molecule has 19 heavy (non-hydrogen) atoms. The van der Waals surface area contributed by atoms with Crippen molar-refractivity contribution in [2.24, 2.45) is 0 Å². The summed E-state index contributed by atoms with van der Waals surface area (Å²) in [6, 6.07) is 6.16. The molecule has 0 bridgehead atoms. The first-order chi connectivity index (χ1) is 9.19. The average Bonchev–Trinajstić information content (AvgIpc) is 2.40. The number of halogens is 1. The molecule has 1 aromatic rings. The van der Waals surface area contributed by atoms with E-state index in [9.17, 15) is 0 Å². The van der Waals surface area contributed by atoms with Gasteiger partial charge in [-0.25, -0.2) is 0 Å². The van der Waals surface area contributed by atoms with E-state index in [1.165, 1.54) is 5.56 Å². The molecule has 1 aromatic carbocycles. The minimum absolute atomic E-state index is 0.142. The number of para-hydroxylation sites is 1. The van der Waals surface area contributed by atoms with Gasteiger partial charge in [0.2, 0.25) is 0 Å². The predicted molar refractivity (Wildman–Crippen MR) is 82.7 cm³/mol. The van der Waals surface area contributed by atoms with Crippen LogP contribution in [-0.2, 0) is 11.3 Å². The van der Waals surface area contributed by atoms with Crippen molar-refractivity contribution in [2.45, 2.75) is 39.3 Å². The number of hydrogen-bond acceptors (Lipinski definition) is 3. The number of methoxy groups -OCH3 is 1. The van der Waals surface area contributed by atoms with Gasteiger partial charge in [-0.3, -0.25) is 0 Å². The SMILES string of the molecule is CCCNCc1cccc(Br)c1OC(C)CCOC. The van der Waals surface area contributed by atoms with E-state index in [2.05, 4.69) is 41.2 Å². The minimum Gasteiger partial charge on any atom is -0.489 e. The van der Waals surface area contributed by atoms with Crippen molar-refractivity contribution in [1.29, 1.82) is 0 Å². The number of benzene rings is 1. The van der Waals surface area contributed by atoms with Crippen LogP contribution in [0.4, 0.5) is 0 Å². The summed E-state index contributed by atoms with van der Waals surface area (Å²) in [7, 11) is 1.71. The van der Waals surface area contributed by atoms with Crippen LogP contribution in [0.1, 0.15) is 32.3 Å². The molecule has 4 heteroatoms. The number of nitrogens with one attached hydrogen (secondary N) is 1.